The van der Waals surface area contributed by atoms with Gasteiger partial charge in [-0.3, -0.25) is 4.31 Å². The van der Waals surface area contributed by atoms with Crippen molar-refractivity contribution in [3.63, 3.8) is 0 Å². The van der Waals surface area contributed by atoms with Crippen molar-refractivity contribution in [1.29, 1.82) is 0 Å². The highest BCUT2D eigenvalue weighted by molar-refractivity contribution is 7.92. The molecule has 20 heavy (non-hydrogen) atoms. The van der Waals surface area contributed by atoms with Gasteiger partial charge >= 0.3 is 0 Å². The SMILES string of the molecule is COc1ccccc1N(C)S(=O)(=O)c1ccc(CCl)o1. The van der Waals surface area contributed by atoms with Crippen molar-refractivity contribution >= 4 is 27.3 Å². The number of rotatable bonds is 5. The third-order valence-electron chi connectivity index (χ3n) is 2.81. The first kappa shape index (κ1) is 14.7. The van der Waals surface area contributed by atoms with E-state index < -0.39 is 10.0 Å². The fraction of sp³-hybridized carbons (Fsp3) is 0.231. The van der Waals surface area contributed by atoms with Gasteiger partial charge in [-0.1, -0.05) is 12.1 Å². The summed E-state index contributed by atoms with van der Waals surface area (Å²) >= 11 is 5.61. The van der Waals surface area contributed by atoms with Crippen LogP contribution >= 0.6 is 11.6 Å². The molecule has 0 saturated heterocycles. The van der Waals surface area contributed by atoms with Gasteiger partial charge < -0.3 is 9.15 Å². The van der Waals surface area contributed by atoms with Crippen LogP contribution in [-0.2, 0) is 15.9 Å². The Morgan fingerprint density at radius 3 is 2.55 bits per heavy atom. The lowest BCUT2D eigenvalue weighted by molar-refractivity contribution is 0.414. The molecule has 0 bridgehead atoms. The van der Waals surface area contributed by atoms with Crippen LogP contribution < -0.4 is 9.04 Å². The van der Waals surface area contributed by atoms with Crippen molar-refractivity contribution in [2.45, 2.75) is 11.0 Å². The highest BCUT2D eigenvalue weighted by Gasteiger charge is 2.26. The van der Waals surface area contributed by atoms with E-state index in [1.54, 1.807) is 24.3 Å². The fourth-order valence-corrected chi connectivity index (χ4v) is 3.00. The van der Waals surface area contributed by atoms with Crippen LogP contribution in [0, 0.1) is 0 Å². The first-order valence-corrected chi connectivity index (χ1v) is 7.74. The molecular weight excluding hydrogens is 302 g/mol. The molecule has 1 aromatic heterocycles. The van der Waals surface area contributed by atoms with Gasteiger partial charge in [0, 0.05) is 7.05 Å². The van der Waals surface area contributed by atoms with Crippen LogP contribution in [0.5, 0.6) is 5.75 Å². The van der Waals surface area contributed by atoms with Crippen molar-refractivity contribution in [3.05, 3.63) is 42.2 Å². The van der Waals surface area contributed by atoms with Gasteiger partial charge in [-0.15, -0.1) is 11.6 Å². The standard InChI is InChI=1S/C13H14ClNO4S/c1-15(11-5-3-4-6-12(11)18-2)20(16,17)13-8-7-10(9-14)19-13/h3-8H,9H2,1-2H3. The lowest BCUT2D eigenvalue weighted by Gasteiger charge is -2.20. The molecule has 0 N–H and O–H groups in total. The van der Waals surface area contributed by atoms with Crippen LogP contribution in [0.2, 0.25) is 0 Å². The number of ether oxygens (including phenoxy) is 1. The van der Waals surface area contributed by atoms with E-state index in [1.165, 1.54) is 26.3 Å². The summed E-state index contributed by atoms with van der Waals surface area (Å²) in [5.74, 6) is 0.981. The van der Waals surface area contributed by atoms with Gasteiger partial charge in [-0.05, 0) is 24.3 Å². The quantitative estimate of drug-likeness (QED) is 0.796. The van der Waals surface area contributed by atoms with Gasteiger partial charge in [0.25, 0.3) is 10.0 Å². The fourth-order valence-electron chi connectivity index (χ4n) is 1.72. The van der Waals surface area contributed by atoms with E-state index in [4.69, 9.17) is 20.8 Å². The minimum Gasteiger partial charge on any atom is -0.495 e. The van der Waals surface area contributed by atoms with Gasteiger partial charge in [0.05, 0.1) is 18.7 Å². The number of hydrogen-bond acceptors (Lipinski definition) is 4. The summed E-state index contributed by atoms with van der Waals surface area (Å²) in [5, 5.41) is -0.151. The summed E-state index contributed by atoms with van der Waals surface area (Å²) < 4.78 is 36.4. The van der Waals surface area contributed by atoms with Crippen LogP contribution in [-0.4, -0.2) is 22.6 Å². The second kappa shape index (κ2) is 5.76. The number of benzene rings is 1. The molecule has 5 nitrogen and oxygen atoms in total. The second-order valence-corrected chi connectivity index (χ2v) is 6.17. The molecule has 2 rings (SSSR count). The largest absolute Gasteiger partial charge is 0.495 e. The number of halogens is 1. The topological polar surface area (TPSA) is 59.8 Å². The molecule has 0 atom stereocenters. The molecule has 0 aliphatic rings. The summed E-state index contributed by atoms with van der Waals surface area (Å²) in [7, 11) is -0.861. The molecule has 0 amide bonds. The molecule has 0 aliphatic carbocycles. The summed E-state index contributed by atoms with van der Waals surface area (Å²) in [5.41, 5.74) is 0.429. The Labute approximate surface area is 122 Å². The van der Waals surface area contributed by atoms with E-state index in [2.05, 4.69) is 0 Å². The zero-order chi connectivity index (χ0) is 14.8. The van der Waals surface area contributed by atoms with Gasteiger partial charge in [-0.25, -0.2) is 0 Å². The van der Waals surface area contributed by atoms with Crippen LogP contribution in [0.3, 0.4) is 0 Å². The Balaban J connectivity index is 2.43. The number of furan rings is 1. The van der Waals surface area contributed by atoms with Crippen molar-refractivity contribution in [2.24, 2.45) is 0 Å². The molecule has 0 spiro atoms. The normalized spacial score (nSPS) is 11.3. The maximum Gasteiger partial charge on any atom is 0.297 e. The number of anilines is 1. The van der Waals surface area contributed by atoms with E-state index in [9.17, 15) is 8.42 Å². The van der Waals surface area contributed by atoms with E-state index >= 15 is 0 Å². The van der Waals surface area contributed by atoms with E-state index in [-0.39, 0.29) is 11.0 Å². The molecule has 0 unspecified atom stereocenters. The number of nitrogens with zero attached hydrogens (tertiary/aromatic N) is 1. The zero-order valence-electron chi connectivity index (χ0n) is 11.0. The predicted molar refractivity (Wildman–Crippen MR) is 76.8 cm³/mol. The molecule has 108 valence electrons. The average molecular weight is 316 g/mol. The minimum atomic E-state index is -3.79. The smallest absolute Gasteiger partial charge is 0.297 e. The van der Waals surface area contributed by atoms with Crippen LogP contribution in [0.25, 0.3) is 0 Å². The van der Waals surface area contributed by atoms with E-state index in [0.717, 1.165) is 4.31 Å². The van der Waals surface area contributed by atoms with Gasteiger partial charge in [0.2, 0.25) is 5.09 Å². The maximum absolute atomic E-state index is 12.5. The van der Waals surface area contributed by atoms with E-state index in [1.807, 2.05) is 0 Å². The Morgan fingerprint density at radius 2 is 1.95 bits per heavy atom. The van der Waals surface area contributed by atoms with Crippen molar-refractivity contribution < 1.29 is 17.6 Å². The second-order valence-electron chi connectivity index (χ2n) is 4.00. The number of methoxy groups -OCH3 is 1. The Hall–Kier alpha value is -1.66. The number of sulfonamides is 1. The Kier molecular flexibility index (Phi) is 4.25. The molecule has 0 saturated carbocycles. The van der Waals surface area contributed by atoms with E-state index in [0.29, 0.717) is 17.2 Å². The summed E-state index contributed by atoms with van der Waals surface area (Å²) in [6, 6.07) is 9.77. The van der Waals surface area contributed by atoms with Crippen LogP contribution in [0.15, 0.2) is 45.9 Å². The number of hydrogen-bond donors (Lipinski definition) is 0. The Morgan fingerprint density at radius 1 is 1.25 bits per heavy atom. The molecule has 1 aromatic carbocycles. The first-order chi connectivity index (χ1) is 9.50. The molecular formula is C13H14ClNO4S. The monoisotopic (exact) mass is 315 g/mol. The molecule has 1 heterocycles. The lowest BCUT2D eigenvalue weighted by Crippen LogP contribution is -2.26. The highest BCUT2D eigenvalue weighted by atomic mass is 35.5. The molecule has 0 aliphatic heterocycles. The maximum atomic E-state index is 12.5. The highest BCUT2D eigenvalue weighted by Crippen LogP contribution is 2.31. The van der Waals surface area contributed by atoms with Gasteiger partial charge in [0.1, 0.15) is 11.5 Å². The van der Waals surface area contributed by atoms with Crippen molar-refractivity contribution in [3.8, 4) is 5.75 Å². The third kappa shape index (κ3) is 2.62. The molecule has 7 heteroatoms. The Bertz CT molecular complexity index is 696. The van der Waals surface area contributed by atoms with Crippen molar-refractivity contribution in [1.82, 2.24) is 0 Å². The summed E-state index contributed by atoms with van der Waals surface area (Å²) in [6.07, 6.45) is 0. The number of para-hydroxylation sites is 2. The van der Waals surface area contributed by atoms with Gasteiger partial charge in [-0.2, -0.15) is 8.42 Å². The lowest BCUT2D eigenvalue weighted by atomic mass is 10.3. The summed E-state index contributed by atoms with van der Waals surface area (Å²) in [6.45, 7) is 0. The molecule has 0 radical (unpaired) electrons. The van der Waals surface area contributed by atoms with Crippen LogP contribution in [0.4, 0.5) is 5.69 Å². The molecule has 0 fully saturated rings. The minimum absolute atomic E-state index is 0.119. The third-order valence-corrected chi connectivity index (χ3v) is 4.72. The van der Waals surface area contributed by atoms with Gasteiger partial charge in [0.15, 0.2) is 0 Å². The zero-order valence-corrected chi connectivity index (χ0v) is 12.6. The van der Waals surface area contributed by atoms with Crippen LogP contribution in [0.1, 0.15) is 5.76 Å². The first-order valence-electron chi connectivity index (χ1n) is 5.77. The average Bonchev–Trinajstić information content (AvgIpc) is 2.96. The van der Waals surface area contributed by atoms with Crippen molar-refractivity contribution in [2.75, 3.05) is 18.5 Å². The predicted octanol–water partition coefficient (Wildman–Crippen LogP) is 2.85. The number of alkyl halides is 1. The molecule has 2 aromatic rings. The summed E-state index contributed by atoms with van der Waals surface area (Å²) in [4.78, 5) is 0.